The molecule has 2 rings (SSSR count). The van der Waals surface area contributed by atoms with Crippen LogP contribution in [0.5, 0.6) is 0 Å². The number of fused-ring (bicyclic) bond motifs is 1. The number of nitrogens with one attached hydrogen (secondary N) is 1. The normalized spacial score (nSPS) is 19.9. The summed E-state index contributed by atoms with van der Waals surface area (Å²) in [6.07, 6.45) is 3.48. The van der Waals surface area contributed by atoms with Crippen molar-refractivity contribution in [2.45, 2.75) is 39.7 Å². The Balaban J connectivity index is 2.33. The van der Waals surface area contributed by atoms with Crippen molar-refractivity contribution in [3.05, 3.63) is 17.0 Å². The van der Waals surface area contributed by atoms with Crippen molar-refractivity contribution in [3.8, 4) is 0 Å². The van der Waals surface area contributed by atoms with E-state index in [1.807, 2.05) is 0 Å². The van der Waals surface area contributed by atoms with Gasteiger partial charge in [0.1, 0.15) is 0 Å². The zero-order chi connectivity index (χ0) is 9.47. The fourth-order valence-corrected chi connectivity index (χ4v) is 2.08. The van der Waals surface area contributed by atoms with Gasteiger partial charge in [0, 0.05) is 12.2 Å². The Hall–Kier alpha value is -0.830. The van der Waals surface area contributed by atoms with Gasteiger partial charge in [0.25, 0.3) is 0 Å². The van der Waals surface area contributed by atoms with Crippen molar-refractivity contribution < 1.29 is 0 Å². The predicted octanol–water partition coefficient (Wildman–Crippen LogP) is 1.38. The molecule has 1 aromatic rings. The molecule has 0 saturated heterocycles. The molecule has 0 unspecified atom stereocenters. The van der Waals surface area contributed by atoms with Crippen LogP contribution in [0.2, 0.25) is 0 Å². The molecule has 1 aliphatic carbocycles. The van der Waals surface area contributed by atoms with Crippen molar-refractivity contribution in [1.82, 2.24) is 10.2 Å². The fourth-order valence-electron chi connectivity index (χ4n) is 2.08. The van der Waals surface area contributed by atoms with Crippen LogP contribution in [-0.2, 0) is 19.4 Å². The van der Waals surface area contributed by atoms with Crippen molar-refractivity contribution in [2.24, 2.45) is 11.1 Å². The standard InChI is InChI=1S/C10H17N3/c1-10(2)4-3-7-8(5-10)12-13-9(7)6-11/h3-6,11H2,1-2H3,(H,12,13). The fraction of sp³-hybridized carbons (Fsp3) is 0.700. The summed E-state index contributed by atoms with van der Waals surface area (Å²) in [4.78, 5) is 0. The number of aromatic amines is 1. The Bertz CT molecular complexity index is 312. The molecule has 0 amide bonds. The average molecular weight is 179 g/mol. The van der Waals surface area contributed by atoms with Gasteiger partial charge in [-0.1, -0.05) is 13.8 Å². The van der Waals surface area contributed by atoms with Gasteiger partial charge in [0.2, 0.25) is 0 Å². The first-order valence-corrected chi connectivity index (χ1v) is 4.87. The van der Waals surface area contributed by atoms with Gasteiger partial charge in [-0.05, 0) is 30.2 Å². The third kappa shape index (κ3) is 1.48. The maximum atomic E-state index is 5.60. The minimum atomic E-state index is 0.422. The van der Waals surface area contributed by atoms with Crippen molar-refractivity contribution in [2.75, 3.05) is 0 Å². The highest BCUT2D eigenvalue weighted by molar-refractivity contribution is 5.28. The van der Waals surface area contributed by atoms with Crippen LogP contribution >= 0.6 is 0 Å². The molecular weight excluding hydrogens is 162 g/mol. The molecule has 0 radical (unpaired) electrons. The first-order valence-electron chi connectivity index (χ1n) is 4.87. The summed E-state index contributed by atoms with van der Waals surface area (Å²) in [6.45, 7) is 5.17. The lowest BCUT2D eigenvalue weighted by Crippen LogP contribution is -2.22. The highest BCUT2D eigenvalue weighted by Crippen LogP contribution is 2.34. The summed E-state index contributed by atoms with van der Waals surface area (Å²) in [5.74, 6) is 0. The van der Waals surface area contributed by atoms with E-state index in [0.717, 1.165) is 18.5 Å². The maximum Gasteiger partial charge on any atom is 0.0792 e. The number of aromatic nitrogens is 2. The first-order chi connectivity index (χ1) is 6.12. The van der Waals surface area contributed by atoms with Crippen LogP contribution in [0, 0.1) is 5.41 Å². The van der Waals surface area contributed by atoms with Gasteiger partial charge >= 0.3 is 0 Å². The number of nitrogens with two attached hydrogens (primary N) is 1. The van der Waals surface area contributed by atoms with E-state index in [9.17, 15) is 0 Å². The van der Waals surface area contributed by atoms with E-state index >= 15 is 0 Å². The Kier molecular flexibility index (Phi) is 1.91. The topological polar surface area (TPSA) is 54.7 Å². The van der Waals surface area contributed by atoms with E-state index in [0.29, 0.717) is 12.0 Å². The van der Waals surface area contributed by atoms with E-state index in [2.05, 4.69) is 24.0 Å². The van der Waals surface area contributed by atoms with Gasteiger partial charge in [-0.3, -0.25) is 5.10 Å². The SMILES string of the molecule is CC1(C)CCc2c(CN)n[nH]c2C1. The molecule has 0 bridgehead atoms. The molecule has 0 aliphatic heterocycles. The number of hydrogen-bond donors (Lipinski definition) is 2. The van der Waals surface area contributed by atoms with E-state index in [1.54, 1.807) is 0 Å². The number of hydrogen-bond acceptors (Lipinski definition) is 2. The third-order valence-electron chi connectivity index (χ3n) is 2.94. The van der Waals surface area contributed by atoms with Crippen LogP contribution in [0.3, 0.4) is 0 Å². The van der Waals surface area contributed by atoms with Crippen LogP contribution < -0.4 is 5.73 Å². The van der Waals surface area contributed by atoms with Crippen molar-refractivity contribution in [1.29, 1.82) is 0 Å². The second-order valence-corrected chi connectivity index (χ2v) is 4.67. The molecule has 13 heavy (non-hydrogen) atoms. The lowest BCUT2D eigenvalue weighted by Gasteiger charge is -2.28. The molecule has 0 atom stereocenters. The van der Waals surface area contributed by atoms with E-state index < -0.39 is 0 Å². The molecule has 3 nitrogen and oxygen atoms in total. The van der Waals surface area contributed by atoms with Crippen molar-refractivity contribution in [3.63, 3.8) is 0 Å². The third-order valence-corrected chi connectivity index (χ3v) is 2.94. The number of H-pyrrole nitrogens is 1. The molecule has 1 aromatic heterocycles. The van der Waals surface area contributed by atoms with Crippen LogP contribution in [0.1, 0.15) is 37.2 Å². The molecule has 3 N–H and O–H groups in total. The van der Waals surface area contributed by atoms with Gasteiger partial charge in [0.15, 0.2) is 0 Å². The Morgan fingerprint density at radius 3 is 3.00 bits per heavy atom. The van der Waals surface area contributed by atoms with E-state index in [4.69, 9.17) is 5.73 Å². The molecule has 0 spiro atoms. The van der Waals surface area contributed by atoms with Gasteiger partial charge in [-0.2, -0.15) is 5.10 Å². The summed E-state index contributed by atoms with van der Waals surface area (Å²) in [5, 5.41) is 7.33. The first kappa shape index (κ1) is 8.75. The second-order valence-electron chi connectivity index (χ2n) is 4.67. The number of nitrogens with zero attached hydrogens (tertiary/aromatic N) is 1. The smallest absolute Gasteiger partial charge is 0.0792 e. The average Bonchev–Trinajstić information content (AvgIpc) is 2.44. The summed E-state index contributed by atoms with van der Waals surface area (Å²) in [6, 6.07) is 0. The Labute approximate surface area is 78.7 Å². The Morgan fingerprint density at radius 1 is 1.54 bits per heavy atom. The monoisotopic (exact) mass is 179 g/mol. The molecule has 1 heterocycles. The van der Waals surface area contributed by atoms with Crippen LogP contribution in [0.15, 0.2) is 0 Å². The van der Waals surface area contributed by atoms with E-state index in [1.165, 1.54) is 17.7 Å². The van der Waals surface area contributed by atoms with E-state index in [-0.39, 0.29) is 0 Å². The highest BCUT2D eigenvalue weighted by Gasteiger charge is 2.28. The largest absolute Gasteiger partial charge is 0.325 e. The zero-order valence-corrected chi connectivity index (χ0v) is 8.35. The van der Waals surface area contributed by atoms with Gasteiger partial charge in [-0.25, -0.2) is 0 Å². The molecule has 0 fully saturated rings. The molecular formula is C10H17N3. The Morgan fingerprint density at radius 2 is 2.31 bits per heavy atom. The minimum Gasteiger partial charge on any atom is -0.325 e. The van der Waals surface area contributed by atoms with Crippen molar-refractivity contribution >= 4 is 0 Å². The minimum absolute atomic E-state index is 0.422. The van der Waals surface area contributed by atoms with Crippen LogP contribution in [-0.4, -0.2) is 10.2 Å². The molecule has 72 valence electrons. The second kappa shape index (κ2) is 2.84. The lowest BCUT2D eigenvalue weighted by atomic mass is 9.76. The molecule has 0 saturated carbocycles. The summed E-state index contributed by atoms with van der Waals surface area (Å²) in [5.41, 5.74) is 9.77. The number of rotatable bonds is 1. The summed E-state index contributed by atoms with van der Waals surface area (Å²) < 4.78 is 0. The molecule has 1 aliphatic rings. The van der Waals surface area contributed by atoms with Gasteiger partial charge in [0.05, 0.1) is 5.69 Å². The molecule has 3 heteroatoms. The molecule has 0 aromatic carbocycles. The lowest BCUT2D eigenvalue weighted by molar-refractivity contribution is 0.311. The maximum absolute atomic E-state index is 5.60. The zero-order valence-electron chi connectivity index (χ0n) is 8.35. The quantitative estimate of drug-likeness (QED) is 0.684. The van der Waals surface area contributed by atoms with Crippen LogP contribution in [0.25, 0.3) is 0 Å². The summed E-state index contributed by atoms with van der Waals surface area (Å²) in [7, 11) is 0. The van der Waals surface area contributed by atoms with Gasteiger partial charge in [-0.15, -0.1) is 0 Å². The highest BCUT2D eigenvalue weighted by atomic mass is 15.1. The predicted molar refractivity (Wildman–Crippen MR) is 52.3 cm³/mol. The van der Waals surface area contributed by atoms with Crippen LogP contribution in [0.4, 0.5) is 0 Å². The van der Waals surface area contributed by atoms with Gasteiger partial charge < -0.3 is 5.73 Å². The summed E-state index contributed by atoms with van der Waals surface area (Å²) >= 11 is 0.